The second-order valence-electron chi connectivity index (χ2n) is 6.54. The van der Waals surface area contributed by atoms with E-state index >= 15 is 0 Å². The zero-order valence-corrected chi connectivity index (χ0v) is 16.4. The summed E-state index contributed by atoms with van der Waals surface area (Å²) in [5.41, 5.74) is 0.115. The van der Waals surface area contributed by atoms with E-state index in [2.05, 4.69) is 5.32 Å². The Morgan fingerprint density at radius 1 is 0.903 bits per heavy atom. The molecule has 0 heterocycles. The minimum atomic E-state index is -1.34. The van der Waals surface area contributed by atoms with Crippen molar-refractivity contribution in [3.8, 4) is 5.75 Å². The molecule has 1 N–H and O–H groups in total. The number of rotatable bonds is 7. The molecule has 1 atom stereocenters. The van der Waals surface area contributed by atoms with Gasteiger partial charge in [0, 0.05) is 0 Å². The molecule has 0 bridgehead atoms. The number of benzene rings is 3. The second kappa shape index (κ2) is 9.80. The highest BCUT2D eigenvalue weighted by atomic mass is 19.1. The van der Waals surface area contributed by atoms with Gasteiger partial charge in [0.25, 0.3) is 5.91 Å². The van der Waals surface area contributed by atoms with Crippen LogP contribution in [0.1, 0.15) is 22.8 Å². The number of carbonyl (C=O) groups is 2. The largest absolute Gasteiger partial charge is 0.488 e. The van der Waals surface area contributed by atoms with Gasteiger partial charge in [0.05, 0.1) is 0 Å². The lowest BCUT2D eigenvalue weighted by atomic mass is 10.2. The fourth-order valence-electron chi connectivity index (χ4n) is 2.62. The van der Waals surface area contributed by atoms with E-state index in [9.17, 15) is 22.8 Å². The minimum absolute atomic E-state index is 0.0568. The minimum Gasteiger partial charge on any atom is -0.488 e. The number of halogens is 3. The highest BCUT2D eigenvalue weighted by Gasteiger charge is 2.23. The van der Waals surface area contributed by atoms with E-state index in [1.165, 1.54) is 25.1 Å². The Morgan fingerprint density at radius 2 is 1.55 bits per heavy atom. The number of para-hydroxylation sites is 2. The van der Waals surface area contributed by atoms with E-state index in [0.29, 0.717) is 5.56 Å². The summed E-state index contributed by atoms with van der Waals surface area (Å²) in [5.74, 6) is -3.84. The maximum Gasteiger partial charge on any atom is 0.342 e. The van der Waals surface area contributed by atoms with Gasteiger partial charge in [-0.2, -0.15) is 0 Å². The topological polar surface area (TPSA) is 64.6 Å². The van der Waals surface area contributed by atoms with Crippen molar-refractivity contribution in [1.82, 2.24) is 0 Å². The zero-order valence-electron chi connectivity index (χ0n) is 16.4. The van der Waals surface area contributed by atoms with E-state index in [4.69, 9.17) is 9.47 Å². The molecule has 0 aromatic heterocycles. The Balaban J connectivity index is 1.65. The monoisotopic (exact) mass is 429 g/mol. The molecule has 31 heavy (non-hydrogen) atoms. The molecular weight excluding hydrogens is 411 g/mol. The SMILES string of the molecule is CC(OC(=O)c1ccccc1OCc1ccc(F)cc1)C(=O)Nc1c(F)cccc1F. The Morgan fingerprint density at radius 3 is 2.23 bits per heavy atom. The zero-order chi connectivity index (χ0) is 22.4. The molecule has 3 aromatic carbocycles. The summed E-state index contributed by atoms with van der Waals surface area (Å²) < 4.78 is 51.2. The number of nitrogens with one attached hydrogen (secondary N) is 1. The first-order valence-corrected chi connectivity index (χ1v) is 9.27. The Hall–Kier alpha value is -3.81. The van der Waals surface area contributed by atoms with Crippen molar-refractivity contribution in [3.05, 3.63) is 95.3 Å². The maximum atomic E-state index is 13.7. The predicted molar refractivity (Wildman–Crippen MR) is 107 cm³/mol. The van der Waals surface area contributed by atoms with Crippen molar-refractivity contribution in [1.29, 1.82) is 0 Å². The van der Waals surface area contributed by atoms with Crippen molar-refractivity contribution in [2.45, 2.75) is 19.6 Å². The molecule has 0 fully saturated rings. The summed E-state index contributed by atoms with van der Waals surface area (Å²) in [4.78, 5) is 24.8. The average molecular weight is 429 g/mol. The van der Waals surface area contributed by atoms with Gasteiger partial charge in [0.1, 0.15) is 41.1 Å². The first kappa shape index (κ1) is 21.9. The molecule has 8 heteroatoms. The molecule has 160 valence electrons. The molecule has 1 unspecified atom stereocenters. The van der Waals surface area contributed by atoms with Crippen LogP contribution in [0.15, 0.2) is 66.7 Å². The molecular formula is C23H18F3NO4. The molecule has 5 nitrogen and oxygen atoms in total. The summed E-state index contributed by atoms with van der Waals surface area (Å²) in [6, 6.07) is 15.0. The summed E-state index contributed by atoms with van der Waals surface area (Å²) in [6.45, 7) is 1.35. The van der Waals surface area contributed by atoms with Crippen LogP contribution in [0, 0.1) is 17.5 Å². The van der Waals surface area contributed by atoms with Crippen molar-refractivity contribution < 1.29 is 32.2 Å². The van der Waals surface area contributed by atoms with Gasteiger partial charge in [-0.25, -0.2) is 18.0 Å². The van der Waals surface area contributed by atoms with Gasteiger partial charge in [-0.05, 0) is 48.9 Å². The van der Waals surface area contributed by atoms with Gasteiger partial charge in [-0.1, -0.05) is 30.3 Å². The number of hydrogen-bond acceptors (Lipinski definition) is 4. The smallest absolute Gasteiger partial charge is 0.342 e. The van der Waals surface area contributed by atoms with Crippen LogP contribution in [-0.4, -0.2) is 18.0 Å². The fraction of sp³-hybridized carbons (Fsp3) is 0.130. The number of amides is 1. The lowest BCUT2D eigenvalue weighted by Gasteiger charge is -2.16. The van der Waals surface area contributed by atoms with E-state index in [0.717, 1.165) is 18.2 Å². The van der Waals surface area contributed by atoms with Crippen LogP contribution < -0.4 is 10.1 Å². The van der Waals surface area contributed by atoms with E-state index < -0.39 is 35.3 Å². The third-order valence-electron chi connectivity index (χ3n) is 4.28. The predicted octanol–water partition coefficient (Wildman–Crippen LogP) is 4.87. The molecule has 0 spiro atoms. The number of ether oxygens (including phenoxy) is 2. The highest BCUT2D eigenvalue weighted by molar-refractivity contribution is 5.98. The molecule has 0 aliphatic carbocycles. The molecule has 3 aromatic rings. The van der Waals surface area contributed by atoms with E-state index in [1.54, 1.807) is 30.3 Å². The number of esters is 1. The Bertz CT molecular complexity index is 1070. The van der Waals surface area contributed by atoms with Gasteiger partial charge in [-0.3, -0.25) is 4.79 Å². The number of hydrogen-bond donors (Lipinski definition) is 1. The van der Waals surface area contributed by atoms with Crippen molar-refractivity contribution in [2.75, 3.05) is 5.32 Å². The quantitative estimate of drug-likeness (QED) is 0.545. The van der Waals surface area contributed by atoms with Gasteiger partial charge >= 0.3 is 5.97 Å². The standard InChI is InChI=1S/C23H18F3NO4/c1-14(22(28)27-21-18(25)6-4-7-19(21)26)31-23(29)17-5-2-3-8-20(17)30-13-15-9-11-16(24)12-10-15/h2-12,14H,13H2,1H3,(H,27,28). The maximum absolute atomic E-state index is 13.7. The first-order chi connectivity index (χ1) is 14.8. The lowest BCUT2D eigenvalue weighted by Crippen LogP contribution is -2.30. The normalized spacial score (nSPS) is 11.5. The lowest BCUT2D eigenvalue weighted by molar-refractivity contribution is -0.123. The third kappa shape index (κ3) is 5.63. The average Bonchev–Trinajstić information content (AvgIpc) is 2.76. The molecule has 0 saturated carbocycles. The van der Waals surface area contributed by atoms with E-state index in [-0.39, 0.29) is 23.7 Å². The molecule has 0 radical (unpaired) electrons. The number of anilines is 1. The van der Waals surface area contributed by atoms with Crippen molar-refractivity contribution >= 4 is 17.6 Å². The van der Waals surface area contributed by atoms with Gasteiger partial charge in [0.2, 0.25) is 0 Å². The van der Waals surface area contributed by atoms with Crippen LogP contribution in [0.5, 0.6) is 5.75 Å². The number of carbonyl (C=O) groups excluding carboxylic acids is 2. The van der Waals surface area contributed by atoms with Crippen molar-refractivity contribution in [2.24, 2.45) is 0 Å². The van der Waals surface area contributed by atoms with Crippen LogP contribution in [-0.2, 0) is 16.1 Å². The van der Waals surface area contributed by atoms with Crippen LogP contribution in [0.4, 0.5) is 18.9 Å². The van der Waals surface area contributed by atoms with Gasteiger partial charge in [0.15, 0.2) is 6.10 Å². The Kier molecular flexibility index (Phi) is 6.92. The molecule has 0 saturated heterocycles. The molecule has 0 aliphatic heterocycles. The van der Waals surface area contributed by atoms with Gasteiger partial charge < -0.3 is 14.8 Å². The highest BCUT2D eigenvalue weighted by Crippen LogP contribution is 2.22. The van der Waals surface area contributed by atoms with Gasteiger partial charge in [-0.15, -0.1) is 0 Å². The summed E-state index contributed by atoms with van der Waals surface area (Å²) in [7, 11) is 0. The summed E-state index contributed by atoms with van der Waals surface area (Å²) >= 11 is 0. The fourth-order valence-corrected chi connectivity index (χ4v) is 2.62. The second-order valence-corrected chi connectivity index (χ2v) is 6.54. The van der Waals surface area contributed by atoms with Crippen LogP contribution in [0.2, 0.25) is 0 Å². The third-order valence-corrected chi connectivity index (χ3v) is 4.28. The molecule has 3 rings (SSSR count). The van der Waals surface area contributed by atoms with Crippen LogP contribution in [0.25, 0.3) is 0 Å². The molecule has 0 aliphatic rings. The van der Waals surface area contributed by atoms with Crippen LogP contribution >= 0.6 is 0 Å². The molecule has 1 amide bonds. The Labute approximate surface area is 176 Å². The van der Waals surface area contributed by atoms with Crippen molar-refractivity contribution in [3.63, 3.8) is 0 Å². The first-order valence-electron chi connectivity index (χ1n) is 9.27. The van der Waals surface area contributed by atoms with Crippen LogP contribution in [0.3, 0.4) is 0 Å². The summed E-state index contributed by atoms with van der Waals surface area (Å²) in [5, 5.41) is 2.07. The summed E-state index contributed by atoms with van der Waals surface area (Å²) in [6.07, 6.45) is -1.34. The van der Waals surface area contributed by atoms with E-state index in [1.807, 2.05) is 0 Å².